The zero-order valence-corrected chi connectivity index (χ0v) is 26.4. The molecule has 3 atom stereocenters. The predicted molar refractivity (Wildman–Crippen MR) is 169 cm³/mol. The maximum absolute atomic E-state index is 15.3. The first-order valence-corrected chi connectivity index (χ1v) is 16.1. The SMILES string of the molecule is C[C@]1(c2ccc(Cl)cn2)Oc2cccc(N3CCN(Cc4nc5c(F)cc(C(=O)O)cc5n4CC4(CC#N)CC4)[C@H]4COC[C@H]43)c2O1. The monoisotopic (exact) mass is 658 g/mol. The minimum absolute atomic E-state index is 0.000837. The van der Waals surface area contributed by atoms with Gasteiger partial charge in [-0.3, -0.25) is 9.88 Å². The molecule has 5 heterocycles. The van der Waals surface area contributed by atoms with E-state index in [9.17, 15) is 15.2 Å². The van der Waals surface area contributed by atoms with Gasteiger partial charge in [-0.15, -0.1) is 0 Å². The summed E-state index contributed by atoms with van der Waals surface area (Å²) in [5, 5.41) is 19.7. The summed E-state index contributed by atoms with van der Waals surface area (Å²) in [4.78, 5) is 25.6. The molecule has 2 aromatic carbocycles. The molecule has 3 fully saturated rings. The van der Waals surface area contributed by atoms with Crippen LogP contribution in [-0.4, -0.2) is 68.9 Å². The first-order valence-electron chi connectivity index (χ1n) is 15.7. The van der Waals surface area contributed by atoms with E-state index in [1.807, 2.05) is 29.7 Å². The number of hydrogen-bond donors (Lipinski definition) is 1. The van der Waals surface area contributed by atoms with Crippen LogP contribution in [-0.2, 0) is 23.6 Å². The van der Waals surface area contributed by atoms with Gasteiger partial charge in [0.2, 0.25) is 0 Å². The van der Waals surface area contributed by atoms with Crippen LogP contribution in [0.4, 0.5) is 10.1 Å². The fourth-order valence-electron chi connectivity index (χ4n) is 7.23. The third-order valence-corrected chi connectivity index (χ3v) is 10.2. The summed E-state index contributed by atoms with van der Waals surface area (Å²) in [7, 11) is 0. The van der Waals surface area contributed by atoms with E-state index < -0.39 is 17.6 Å². The maximum atomic E-state index is 15.3. The number of hydrogen-bond acceptors (Lipinski definition) is 9. The summed E-state index contributed by atoms with van der Waals surface area (Å²) in [6, 6.07) is 14.2. The quantitative estimate of drug-likeness (QED) is 0.265. The molecular formula is C34H32ClFN6O5. The molecule has 11 nitrogen and oxygen atoms in total. The van der Waals surface area contributed by atoms with Crippen LogP contribution in [0.2, 0.25) is 5.02 Å². The number of nitriles is 1. The average Bonchev–Trinajstić information content (AvgIpc) is 3.34. The number of aromatic nitrogens is 3. The highest BCUT2D eigenvalue weighted by Gasteiger charge is 2.47. The van der Waals surface area contributed by atoms with Crippen molar-refractivity contribution < 1.29 is 28.5 Å². The molecule has 4 aliphatic rings. The Kier molecular flexibility index (Phi) is 7.05. The molecule has 1 aliphatic carbocycles. The Hall–Kier alpha value is -4.44. The zero-order valence-electron chi connectivity index (χ0n) is 25.7. The first-order chi connectivity index (χ1) is 22.7. The summed E-state index contributed by atoms with van der Waals surface area (Å²) >= 11 is 6.07. The normalized spacial score (nSPS) is 24.3. The van der Waals surface area contributed by atoms with Crippen LogP contribution in [0.25, 0.3) is 11.0 Å². The zero-order chi connectivity index (χ0) is 32.5. The predicted octanol–water partition coefficient (Wildman–Crippen LogP) is 5.35. The van der Waals surface area contributed by atoms with Crippen LogP contribution in [0.3, 0.4) is 0 Å². The number of carboxylic acids is 1. The van der Waals surface area contributed by atoms with E-state index in [1.54, 1.807) is 18.3 Å². The van der Waals surface area contributed by atoms with Crippen LogP contribution < -0.4 is 14.4 Å². The molecule has 1 N–H and O–H groups in total. The van der Waals surface area contributed by atoms with Crippen LogP contribution in [0.1, 0.15) is 48.1 Å². The topological polar surface area (TPSA) is 126 Å². The molecular weight excluding hydrogens is 627 g/mol. The Morgan fingerprint density at radius 3 is 2.74 bits per heavy atom. The van der Waals surface area contributed by atoms with Gasteiger partial charge in [-0.2, -0.15) is 5.26 Å². The molecule has 0 unspecified atom stereocenters. The van der Waals surface area contributed by atoms with Crippen LogP contribution in [0.15, 0.2) is 48.7 Å². The second-order valence-corrected chi connectivity index (χ2v) is 13.5. The number of fused-ring (bicyclic) bond motifs is 3. The van der Waals surface area contributed by atoms with Crippen molar-refractivity contribution in [2.24, 2.45) is 5.41 Å². The highest BCUT2D eigenvalue weighted by molar-refractivity contribution is 6.30. The molecule has 2 aromatic heterocycles. The molecule has 0 spiro atoms. The van der Waals surface area contributed by atoms with Crippen LogP contribution >= 0.6 is 11.6 Å². The number of nitrogens with zero attached hydrogens (tertiary/aromatic N) is 6. The third-order valence-electron chi connectivity index (χ3n) is 9.96. The van der Waals surface area contributed by atoms with Crippen molar-refractivity contribution >= 4 is 34.3 Å². The number of halogens is 2. The Morgan fingerprint density at radius 2 is 2.00 bits per heavy atom. The van der Waals surface area contributed by atoms with Gasteiger partial charge in [0.05, 0.1) is 59.7 Å². The molecule has 2 saturated heterocycles. The lowest BCUT2D eigenvalue weighted by Gasteiger charge is -2.44. The summed E-state index contributed by atoms with van der Waals surface area (Å²) < 4.78 is 36.1. The average molecular weight is 659 g/mol. The highest BCUT2D eigenvalue weighted by atomic mass is 35.5. The van der Waals surface area contributed by atoms with Gasteiger partial charge in [0.1, 0.15) is 17.0 Å². The summed E-state index contributed by atoms with van der Waals surface area (Å²) in [5.41, 5.74) is 1.75. The molecule has 0 amide bonds. The van der Waals surface area contributed by atoms with Crippen molar-refractivity contribution in [3.63, 3.8) is 0 Å². The Balaban J connectivity index is 1.09. The van der Waals surface area contributed by atoms with Gasteiger partial charge in [0, 0.05) is 44.6 Å². The molecule has 242 valence electrons. The number of aromatic carboxylic acids is 1. The largest absolute Gasteiger partial charge is 0.478 e. The van der Waals surface area contributed by atoms with Gasteiger partial charge in [0.25, 0.3) is 5.79 Å². The number of rotatable bonds is 8. The Morgan fingerprint density at radius 1 is 1.17 bits per heavy atom. The molecule has 3 aliphatic heterocycles. The molecule has 1 saturated carbocycles. The van der Waals surface area contributed by atoms with E-state index in [0.717, 1.165) is 24.6 Å². The lowest BCUT2D eigenvalue weighted by Crippen LogP contribution is -2.59. The van der Waals surface area contributed by atoms with Crippen molar-refractivity contribution in [2.75, 3.05) is 31.2 Å². The molecule has 0 bridgehead atoms. The number of carboxylic acid groups (broad SMARTS) is 1. The number of pyridine rings is 1. The fraction of sp³-hybridized carbons (Fsp3) is 0.412. The van der Waals surface area contributed by atoms with Crippen LogP contribution in [0.5, 0.6) is 11.5 Å². The summed E-state index contributed by atoms with van der Waals surface area (Å²) in [6.07, 6.45) is 3.72. The molecule has 4 aromatic rings. The minimum atomic E-state index is -1.20. The van der Waals surface area contributed by atoms with E-state index >= 15 is 4.39 Å². The third kappa shape index (κ3) is 5.13. The van der Waals surface area contributed by atoms with Crippen LogP contribution in [0, 0.1) is 22.6 Å². The van der Waals surface area contributed by atoms with Gasteiger partial charge in [-0.1, -0.05) is 17.7 Å². The molecule has 0 radical (unpaired) electrons. The van der Waals surface area contributed by atoms with E-state index in [2.05, 4.69) is 20.9 Å². The molecule has 8 rings (SSSR count). The van der Waals surface area contributed by atoms with Gasteiger partial charge < -0.3 is 28.8 Å². The number of carbonyl (C=O) groups is 1. The molecule has 47 heavy (non-hydrogen) atoms. The van der Waals surface area contributed by atoms with Crippen molar-refractivity contribution in [3.8, 4) is 17.6 Å². The number of anilines is 1. The standard InChI is InChI=1S/C34H32ClFN6O5/c1-33(28-6-5-21(35)15-38-28)46-27-4-2-3-23(31(27)47-33)41-12-11-40(25-17-45-18-26(25)41)16-29-39-30-22(36)13-20(32(43)44)14-24(30)42(29)19-34(7-8-34)9-10-37/h2-6,13-15,25-26H,7-9,11-12,16-19H2,1H3,(H,43,44)/t25-,26+,33-/m0/s1. The van der Waals surface area contributed by atoms with Gasteiger partial charge >= 0.3 is 5.97 Å². The van der Waals surface area contributed by atoms with E-state index in [0.29, 0.717) is 79.4 Å². The number of benzene rings is 2. The van der Waals surface area contributed by atoms with E-state index in [-0.39, 0.29) is 28.6 Å². The fourth-order valence-corrected chi connectivity index (χ4v) is 7.34. The second-order valence-electron chi connectivity index (χ2n) is 13.0. The number of piperazine rings is 1. The van der Waals surface area contributed by atoms with Crippen molar-refractivity contribution in [1.29, 1.82) is 5.26 Å². The highest BCUT2D eigenvalue weighted by Crippen LogP contribution is 2.52. The number of para-hydroxylation sites is 1. The number of imidazole rings is 1. The second kappa shape index (κ2) is 11.1. The smallest absolute Gasteiger partial charge is 0.335 e. The maximum Gasteiger partial charge on any atom is 0.335 e. The Bertz CT molecular complexity index is 1940. The van der Waals surface area contributed by atoms with Crippen molar-refractivity contribution in [1.82, 2.24) is 19.4 Å². The van der Waals surface area contributed by atoms with E-state index in [4.69, 9.17) is 30.8 Å². The van der Waals surface area contributed by atoms with Crippen molar-refractivity contribution in [2.45, 2.75) is 57.1 Å². The van der Waals surface area contributed by atoms with Gasteiger partial charge in [-0.25, -0.2) is 14.2 Å². The lowest BCUT2D eigenvalue weighted by atomic mass is 10.0. The first kappa shape index (κ1) is 29.9. The number of ether oxygens (including phenoxy) is 3. The van der Waals surface area contributed by atoms with Gasteiger partial charge in [-0.05, 0) is 49.2 Å². The summed E-state index contributed by atoms with van der Waals surface area (Å²) in [5.74, 6) is -1.07. The van der Waals surface area contributed by atoms with Crippen molar-refractivity contribution in [3.05, 3.63) is 76.6 Å². The summed E-state index contributed by atoms with van der Waals surface area (Å²) in [6.45, 7) is 5.09. The van der Waals surface area contributed by atoms with E-state index in [1.165, 1.54) is 6.07 Å². The molecule has 13 heteroatoms. The van der Waals surface area contributed by atoms with Gasteiger partial charge in [0.15, 0.2) is 17.3 Å². The lowest BCUT2D eigenvalue weighted by molar-refractivity contribution is -0.0716. The minimum Gasteiger partial charge on any atom is -0.478 e. The Labute approximate surface area is 275 Å².